The van der Waals surface area contributed by atoms with Gasteiger partial charge in [0.05, 0.1) is 0 Å². The number of rotatable bonds is 5. The van der Waals surface area contributed by atoms with Gasteiger partial charge in [-0.25, -0.2) is 0 Å². The molecule has 2 fully saturated rings. The Balaban J connectivity index is 1.48. The highest BCUT2D eigenvalue weighted by Crippen LogP contribution is 2.61. The molecule has 2 aliphatic rings. The van der Waals surface area contributed by atoms with Crippen LogP contribution in [0.15, 0.2) is 33.3 Å². The summed E-state index contributed by atoms with van der Waals surface area (Å²) in [6.07, 6.45) is 4.90. The highest BCUT2D eigenvalue weighted by Gasteiger charge is 2.57. The predicted molar refractivity (Wildman–Crippen MR) is 93.7 cm³/mol. The minimum absolute atomic E-state index is 0.178. The minimum Gasteiger partial charge on any atom is -0.384 e. The van der Waals surface area contributed by atoms with Gasteiger partial charge in [0.2, 0.25) is 0 Å². The van der Waals surface area contributed by atoms with Crippen molar-refractivity contribution >= 4 is 21.6 Å². The van der Waals surface area contributed by atoms with Crippen LogP contribution in [0.3, 0.4) is 0 Å². The first-order valence-corrected chi connectivity index (χ1v) is 9.32. The van der Waals surface area contributed by atoms with Gasteiger partial charge in [0.15, 0.2) is 5.82 Å². The second kappa shape index (κ2) is 5.76. The van der Waals surface area contributed by atoms with Gasteiger partial charge in [0.1, 0.15) is 0 Å². The first-order chi connectivity index (χ1) is 11.8. The van der Waals surface area contributed by atoms with E-state index in [1.54, 1.807) is 0 Å². The molecule has 2 aromatic rings. The molecule has 0 unspecified atom stereocenters. The summed E-state index contributed by atoms with van der Waals surface area (Å²) in [5.41, 5.74) is 1.06. The van der Waals surface area contributed by atoms with Crippen LogP contribution in [-0.4, -0.2) is 16.7 Å². The van der Waals surface area contributed by atoms with E-state index in [0.29, 0.717) is 5.82 Å². The molecule has 0 radical (unpaired) electrons. The molecule has 0 atom stereocenters. The number of alkyl halides is 2. The average Bonchev–Trinajstić information content (AvgIpc) is 3.26. The predicted octanol–water partition coefficient (Wildman–Crippen LogP) is 5.26. The zero-order chi connectivity index (χ0) is 17.7. The van der Waals surface area contributed by atoms with Crippen LogP contribution in [0.4, 0.5) is 14.5 Å². The summed E-state index contributed by atoms with van der Waals surface area (Å²) in [6.45, 7) is 1.66. The molecule has 2 saturated carbocycles. The van der Waals surface area contributed by atoms with Gasteiger partial charge in [0.25, 0.3) is 5.89 Å². The quantitative estimate of drug-likeness (QED) is 0.728. The maximum Gasteiger partial charge on any atom is 0.322 e. The Hall–Kier alpha value is -1.50. The van der Waals surface area contributed by atoms with Crippen molar-refractivity contribution in [2.45, 2.75) is 50.4 Å². The van der Waals surface area contributed by atoms with Crippen LogP contribution in [-0.2, 0) is 11.3 Å². The molecule has 4 rings (SSSR count). The summed E-state index contributed by atoms with van der Waals surface area (Å²) < 4.78 is 32.7. The zero-order valence-electron chi connectivity index (χ0n) is 14.0. The molecule has 134 valence electrons. The zero-order valence-corrected chi connectivity index (χ0v) is 15.6. The van der Waals surface area contributed by atoms with Gasteiger partial charge < -0.3 is 9.84 Å². The molecule has 25 heavy (non-hydrogen) atoms. The molecule has 0 aliphatic heterocycles. The molecule has 7 heteroatoms. The fraction of sp³-hybridized carbons (Fsp3) is 0.556. The van der Waals surface area contributed by atoms with Crippen molar-refractivity contribution in [1.29, 1.82) is 0 Å². The fourth-order valence-corrected chi connectivity index (χ4v) is 4.78. The van der Waals surface area contributed by atoms with E-state index in [0.717, 1.165) is 55.7 Å². The molecular formula is C18H20BrF2N3O. The number of anilines is 1. The highest BCUT2D eigenvalue weighted by atomic mass is 79.9. The Kier molecular flexibility index (Phi) is 3.90. The smallest absolute Gasteiger partial charge is 0.322 e. The monoisotopic (exact) mass is 411 g/mol. The Morgan fingerprint density at radius 1 is 1.28 bits per heavy atom. The van der Waals surface area contributed by atoms with Crippen LogP contribution in [0.5, 0.6) is 0 Å². The number of hydrogen-bond donors (Lipinski definition) is 1. The van der Waals surface area contributed by atoms with E-state index in [-0.39, 0.29) is 10.8 Å². The van der Waals surface area contributed by atoms with Gasteiger partial charge in [-0.3, -0.25) is 0 Å². The van der Waals surface area contributed by atoms with E-state index in [2.05, 4.69) is 37.5 Å². The van der Waals surface area contributed by atoms with Crippen LogP contribution in [0.1, 0.15) is 50.7 Å². The topological polar surface area (TPSA) is 51.0 Å². The van der Waals surface area contributed by atoms with Gasteiger partial charge in [-0.15, -0.1) is 0 Å². The van der Waals surface area contributed by atoms with Crippen molar-refractivity contribution < 1.29 is 13.3 Å². The van der Waals surface area contributed by atoms with Crippen molar-refractivity contribution in [2.75, 3.05) is 11.9 Å². The number of nitrogens with zero attached hydrogens (tertiary/aromatic N) is 2. The van der Waals surface area contributed by atoms with Gasteiger partial charge >= 0.3 is 5.92 Å². The van der Waals surface area contributed by atoms with Crippen molar-refractivity contribution in [1.82, 2.24) is 10.1 Å². The third kappa shape index (κ3) is 3.07. The summed E-state index contributed by atoms with van der Waals surface area (Å²) in [5, 5.41) is 7.43. The summed E-state index contributed by atoms with van der Waals surface area (Å²) in [5.74, 6) is -3.20. The number of benzene rings is 1. The van der Waals surface area contributed by atoms with E-state index < -0.39 is 11.8 Å². The van der Waals surface area contributed by atoms with E-state index in [1.165, 1.54) is 0 Å². The van der Waals surface area contributed by atoms with Crippen molar-refractivity contribution in [3.8, 4) is 0 Å². The number of fused-ring (bicyclic) bond motifs is 2. The van der Waals surface area contributed by atoms with Crippen molar-refractivity contribution in [3.63, 3.8) is 0 Å². The number of nitrogens with one attached hydrogen (secondary N) is 1. The number of halogens is 3. The maximum atomic E-state index is 13.4. The lowest BCUT2D eigenvalue weighted by atomic mass is 9.81. The molecule has 4 nitrogen and oxygen atoms in total. The van der Waals surface area contributed by atoms with Crippen molar-refractivity contribution in [3.05, 3.63) is 40.5 Å². The molecule has 2 aliphatic carbocycles. The van der Waals surface area contributed by atoms with E-state index in [9.17, 15) is 8.78 Å². The lowest BCUT2D eigenvalue weighted by Crippen LogP contribution is -2.24. The SMILES string of the molecule is CC(F)(F)c1nc(C23CCC(CNc4cccc(Br)c4)(CC2)C3)no1. The van der Waals surface area contributed by atoms with Gasteiger partial charge in [-0.05, 0) is 55.7 Å². The van der Waals surface area contributed by atoms with Crippen LogP contribution >= 0.6 is 15.9 Å². The largest absolute Gasteiger partial charge is 0.384 e. The van der Waals surface area contributed by atoms with E-state index >= 15 is 0 Å². The molecule has 2 bridgehead atoms. The van der Waals surface area contributed by atoms with Gasteiger partial charge in [0, 0.05) is 29.0 Å². The van der Waals surface area contributed by atoms with Gasteiger partial charge in [-0.2, -0.15) is 13.8 Å². The van der Waals surface area contributed by atoms with Crippen molar-refractivity contribution in [2.24, 2.45) is 5.41 Å². The standard InChI is InChI=1S/C18H20BrF2N3O/c1-16(20,21)15-23-14(24-25-15)18-7-5-17(10-18,6-8-18)11-22-13-4-2-3-12(19)9-13/h2-4,9,22H,5-8,10-11H2,1H3. The van der Waals surface area contributed by atoms with Crippen LogP contribution in [0.2, 0.25) is 0 Å². The molecule has 0 spiro atoms. The molecule has 1 aromatic heterocycles. The Bertz CT molecular complexity index is 779. The molecule has 0 amide bonds. The van der Waals surface area contributed by atoms with E-state index in [1.807, 2.05) is 18.2 Å². The van der Waals surface area contributed by atoms with Crippen LogP contribution in [0.25, 0.3) is 0 Å². The second-order valence-corrected chi connectivity index (χ2v) is 8.55. The Labute approximate surface area is 153 Å². The van der Waals surface area contributed by atoms with E-state index in [4.69, 9.17) is 4.52 Å². The normalized spacial score (nSPS) is 28.5. The third-order valence-corrected chi connectivity index (χ3v) is 6.24. The van der Waals surface area contributed by atoms with Gasteiger partial charge in [-0.1, -0.05) is 27.2 Å². The lowest BCUT2D eigenvalue weighted by molar-refractivity contribution is -0.0158. The summed E-state index contributed by atoms with van der Waals surface area (Å²) in [4.78, 5) is 4.04. The third-order valence-electron chi connectivity index (χ3n) is 5.75. The van der Waals surface area contributed by atoms with Crippen LogP contribution < -0.4 is 5.32 Å². The number of hydrogen-bond acceptors (Lipinski definition) is 4. The lowest BCUT2D eigenvalue weighted by Gasteiger charge is -2.27. The molecule has 1 heterocycles. The summed E-state index contributed by atoms with van der Waals surface area (Å²) in [6, 6.07) is 8.11. The minimum atomic E-state index is -3.08. The first kappa shape index (κ1) is 16.9. The number of aromatic nitrogens is 2. The average molecular weight is 412 g/mol. The summed E-state index contributed by atoms with van der Waals surface area (Å²) >= 11 is 3.48. The first-order valence-electron chi connectivity index (χ1n) is 8.52. The molecule has 1 N–H and O–H groups in total. The maximum absolute atomic E-state index is 13.4. The molecule has 1 aromatic carbocycles. The molecular weight excluding hydrogens is 392 g/mol. The Morgan fingerprint density at radius 2 is 2.04 bits per heavy atom. The Morgan fingerprint density at radius 3 is 2.68 bits per heavy atom. The second-order valence-electron chi connectivity index (χ2n) is 7.63. The molecule has 0 saturated heterocycles. The highest BCUT2D eigenvalue weighted by molar-refractivity contribution is 9.10. The summed E-state index contributed by atoms with van der Waals surface area (Å²) in [7, 11) is 0. The van der Waals surface area contributed by atoms with Crippen LogP contribution in [0, 0.1) is 5.41 Å². The fourth-order valence-electron chi connectivity index (χ4n) is 4.38.